The summed E-state index contributed by atoms with van der Waals surface area (Å²) in [5.41, 5.74) is 0.900. The summed E-state index contributed by atoms with van der Waals surface area (Å²) in [7, 11) is 0. The number of rotatable bonds is 8. The molecule has 2 aromatic rings. The van der Waals surface area contributed by atoms with Crippen LogP contribution in [0.1, 0.15) is 43.5 Å². The van der Waals surface area contributed by atoms with Crippen molar-refractivity contribution in [3.8, 4) is 0 Å². The second kappa shape index (κ2) is 12.2. The maximum absolute atomic E-state index is 13.4. The van der Waals surface area contributed by atoms with Gasteiger partial charge in [0, 0.05) is 30.9 Å². The molecule has 182 valence electrons. The number of nitrogens with zero attached hydrogens (tertiary/aromatic N) is 1. The summed E-state index contributed by atoms with van der Waals surface area (Å²) in [6.07, 6.45) is 2.46. The van der Waals surface area contributed by atoms with Crippen molar-refractivity contribution in [3.05, 3.63) is 66.0 Å². The quantitative estimate of drug-likeness (QED) is 0.546. The first kappa shape index (κ1) is 25.2. The lowest BCUT2D eigenvalue weighted by Crippen LogP contribution is -2.54. The largest absolute Gasteiger partial charge is 0.341 e. The number of hydrogen-bond acceptors (Lipinski definition) is 3. The van der Waals surface area contributed by atoms with E-state index in [1.165, 1.54) is 18.2 Å². The summed E-state index contributed by atoms with van der Waals surface area (Å²) in [5.74, 6) is -0.695. The van der Waals surface area contributed by atoms with Gasteiger partial charge < -0.3 is 20.9 Å². The lowest BCUT2D eigenvalue weighted by Gasteiger charge is -2.36. The Bertz CT molecular complexity index is 985. The van der Waals surface area contributed by atoms with Crippen LogP contribution in [-0.4, -0.2) is 48.4 Å². The predicted molar refractivity (Wildman–Crippen MR) is 130 cm³/mol. The van der Waals surface area contributed by atoms with Gasteiger partial charge in [-0.05, 0) is 55.0 Å². The highest BCUT2D eigenvalue weighted by Gasteiger charge is 2.33. The molecule has 1 heterocycles. The number of hydrogen-bond donors (Lipinski definition) is 3. The smallest absolute Gasteiger partial charge is 0.319 e. The minimum Gasteiger partial charge on any atom is -0.341 e. The van der Waals surface area contributed by atoms with Gasteiger partial charge >= 0.3 is 6.03 Å². The van der Waals surface area contributed by atoms with Crippen LogP contribution in [0.15, 0.2) is 54.6 Å². The highest BCUT2D eigenvalue weighted by Crippen LogP contribution is 2.20. The van der Waals surface area contributed by atoms with Gasteiger partial charge in [0.1, 0.15) is 11.9 Å². The monoisotopic (exact) mass is 468 g/mol. The summed E-state index contributed by atoms with van der Waals surface area (Å²) in [6, 6.07) is 13.6. The Balaban J connectivity index is 1.56. The number of piperidine rings is 1. The first-order chi connectivity index (χ1) is 16.4. The zero-order chi connectivity index (χ0) is 24.5. The molecule has 3 atom stereocenters. The third-order valence-electron chi connectivity index (χ3n) is 6.27. The fourth-order valence-corrected chi connectivity index (χ4v) is 4.10. The minimum absolute atomic E-state index is 0.0179. The molecule has 0 aliphatic carbocycles. The molecule has 4 amide bonds. The highest BCUT2D eigenvalue weighted by molar-refractivity contribution is 5.97. The average Bonchev–Trinajstić information content (AvgIpc) is 2.85. The van der Waals surface area contributed by atoms with Crippen LogP contribution in [0, 0.1) is 17.7 Å². The lowest BCUT2D eigenvalue weighted by molar-refractivity contribution is -0.136. The standard InChI is InChI=1S/C26H33FN4O3/c1-3-18(2)23(30-24(32)20-10-5-4-6-11-20)25(33)31-14-8-9-19(17-31)16-28-26(34)29-22-13-7-12-21(27)15-22/h4-7,10-13,15,18-19,23H,3,8-9,14,16-17H2,1-2H3,(H,30,32)(H2,28,29,34). The SMILES string of the molecule is CCC(C)C(NC(=O)c1ccccc1)C(=O)N1CCCC(CNC(=O)Nc2cccc(F)c2)C1. The molecule has 1 fully saturated rings. The number of carbonyl (C=O) groups is 3. The van der Waals surface area contributed by atoms with Crippen LogP contribution in [-0.2, 0) is 4.79 Å². The van der Waals surface area contributed by atoms with Crippen LogP contribution in [0.25, 0.3) is 0 Å². The number of anilines is 1. The van der Waals surface area contributed by atoms with Crippen molar-refractivity contribution in [1.29, 1.82) is 0 Å². The van der Waals surface area contributed by atoms with Gasteiger partial charge in [0.15, 0.2) is 0 Å². The van der Waals surface area contributed by atoms with Gasteiger partial charge in [0.2, 0.25) is 5.91 Å². The Hall–Kier alpha value is -3.42. The predicted octanol–water partition coefficient (Wildman–Crippen LogP) is 4.03. The number of urea groups is 1. The third-order valence-corrected chi connectivity index (χ3v) is 6.27. The molecule has 8 heteroatoms. The number of likely N-dealkylation sites (tertiary alicyclic amines) is 1. The van der Waals surface area contributed by atoms with E-state index in [4.69, 9.17) is 0 Å². The maximum atomic E-state index is 13.4. The second-order valence-electron chi connectivity index (χ2n) is 8.84. The normalized spacial score (nSPS) is 17.4. The zero-order valence-corrected chi connectivity index (χ0v) is 19.7. The zero-order valence-electron chi connectivity index (χ0n) is 19.7. The van der Waals surface area contributed by atoms with Crippen molar-refractivity contribution in [2.75, 3.05) is 25.0 Å². The molecule has 3 unspecified atom stereocenters. The molecule has 3 rings (SSSR count). The van der Waals surface area contributed by atoms with Crippen molar-refractivity contribution < 1.29 is 18.8 Å². The Labute approximate surface area is 200 Å². The van der Waals surface area contributed by atoms with E-state index in [1.54, 1.807) is 35.2 Å². The number of amides is 4. The Morgan fingerprint density at radius 2 is 1.88 bits per heavy atom. The van der Waals surface area contributed by atoms with E-state index < -0.39 is 17.9 Å². The van der Waals surface area contributed by atoms with Crippen molar-refractivity contribution in [3.63, 3.8) is 0 Å². The van der Waals surface area contributed by atoms with Crippen LogP contribution >= 0.6 is 0 Å². The van der Waals surface area contributed by atoms with E-state index in [2.05, 4.69) is 16.0 Å². The lowest BCUT2D eigenvalue weighted by atomic mass is 9.93. The molecule has 1 aliphatic rings. The molecular formula is C26H33FN4O3. The van der Waals surface area contributed by atoms with Crippen LogP contribution < -0.4 is 16.0 Å². The first-order valence-electron chi connectivity index (χ1n) is 11.8. The molecule has 0 radical (unpaired) electrons. The molecule has 0 bridgehead atoms. The van der Waals surface area contributed by atoms with Crippen LogP contribution in [0.3, 0.4) is 0 Å². The summed E-state index contributed by atoms with van der Waals surface area (Å²) in [4.78, 5) is 40.1. The highest BCUT2D eigenvalue weighted by atomic mass is 19.1. The molecule has 2 aromatic carbocycles. The molecule has 7 nitrogen and oxygen atoms in total. The van der Waals surface area contributed by atoms with Crippen molar-refractivity contribution >= 4 is 23.5 Å². The Morgan fingerprint density at radius 1 is 1.12 bits per heavy atom. The fourth-order valence-electron chi connectivity index (χ4n) is 4.10. The van der Waals surface area contributed by atoms with Crippen molar-refractivity contribution in [1.82, 2.24) is 15.5 Å². The summed E-state index contributed by atoms with van der Waals surface area (Å²) < 4.78 is 13.3. The van der Waals surface area contributed by atoms with Gasteiger partial charge in [-0.1, -0.05) is 44.5 Å². The second-order valence-corrected chi connectivity index (χ2v) is 8.84. The molecule has 0 spiro atoms. The molecule has 3 N–H and O–H groups in total. The van der Waals surface area contributed by atoms with E-state index in [0.717, 1.165) is 19.3 Å². The van der Waals surface area contributed by atoms with Gasteiger partial charge in [0.25, 0.3) is 5.91 Å². The van der Waals surface area contributed by atoms with Gasteiger partial charge in [-0.3, -0.25) is 9.59 Å². The Morgan fingerprint density at radius 3 is 2.59 bits per heavy atom. The number of benzene rings is 2. The van der Waals surface area contributed by atoms with Gasteiger partial charge in [-0.15, -0.1) is 0 Å². The molecule has 1 saturated heterocycles. The van der Waals surface area contributed by atoms with Gasteiger partial charge in [-0.2, -0.15) is 0 Å². The molecule has 1 aliphatic heterocycles. The topological polar surface area (TPSA) is 90.5 Å². The average molecular weight is 469 g/mol. The summed E-state index contributed by atoms with van der Waals surface area (Å²) in [6.45, 7) is 5.49. The number of nitrogens with one attached hydrogen (secondary N) is 3. The molecule has 34 heavy (non-hydrogen) atoms. The van der Waals surface area contributed by atoms with E-state index in [9.17, 15) is 18.8 Å². The van der Waals surface area contributed by atoms with Crippen LogP contribution in [0.5, 0.6) is 0 Å². The minimum atomic E-state index is -0.610. The van der Waals surface area contributed by atoms with Gasteiger partial charge in [-0.25, -0.2) is 9.18 Å². The van der Waals surface area contributed by atoms with E-state index in [-0.39, 0.29) is 23.7 Å². The first-order valence-corrected chi connectivity index (χ1v) is 11.8. The third kappa shape index (κ3) is 7.04. The molecule has 0 saturated carbocycles. The van der Waals surface area contributed by atoms with Crippen LogP contribution in [0.2, 0.25) is 0 Å². The van der Waals surface area contributed by atoms with Crippen molar-refractivity contribution in [2.45, 2.75) is 39.2 Å². The Kier molecular flexibility index (Phi) is 9.01. The van der Waals surface area contributed by atoms with E-state index in [1.807, 2.05) is 19.9 Å². The fraction of sp³-hybridized carbons (Fsp3) is 0.423. The summed E-state index contributed by atoms with van der Waals surface area (Å²) >= 11 is 0. The van der Waals surface area contributed by atoms with Gasteiger partial charge in [0.05, 0.1) is 0 Å². The van der Waals surface area contributed by atoms with Crippen molar-refractivity contribution in [2.24, 2.45) is 11.8 Å². The maximum Gasteiger partial charge on any atom is 0.319 e. The van der Waals surface area contributed by atoms with E-state index in [0.29, 0.717) is 30.9 Å². The number of carbonyl (C=O) groups excluding carboxylic acids is 3. The van der Waals surface area contributed by atoms with Crippen LogP contribution in [0.4, 0.5) is 14.9 Å². The number of halogens is 1. The van der Waals surface area contributed by atoms with E-state index >= 15 is 0 Å². The summed E-state index contributed by atoms with van der Waals surface area (Å²) in [5, 5.41) is 8.37. The molecular weight excluding hydrogens is 435 g/mol. The molecule has 0 aromatic heterocycles.